The highest BCUT2D eigenvalue weighted by Crippen LogP contribution is 2.33. The molecular formula is C21H21ClN2O2S. The van der Waals surface area contributed by atoms with Crippen molar-refractivity contribution in [2.75, 3.05) is 19.7 Å². The molecule has 1 aliphatic heterocycles. The number of piperidine rings is 1. The van der Waals surface area contributed by atoms with E-state index in [0.717, 1.165) is 37.0 Å². The minimum Gasteiger partial charge on any atom is -0.484 e. The van der Waals surface area contributed by atoms with Crippen LogP contribution in [-0.4, -0.2) is 35.5 Å². The quantitative estimate of drug-likeness (QED) is 0.615. The van der Waals surface area contributed by atoms with Crippen molar-refractivity contribution in [2.24, 2.45) is 0 Å². The molecule has 0 unspecified atom stereocenters. The zero-order valence-corrected chi connectivity index (χ0v) is 16.7. The highest BCUT2D eigenvalue weighted by atomic mass is 35.5. The van der Waals surface area contributed by atoms with Crippen LogP contribution in [0.25, 0.3) is 10.2 Å². The lowest BCUT2D eigenvalue weighted by atomic mass is 9.97. The molecule has 0 bridgehead atoms. The number of hydrogen-bond acceptors (Lipinski definition) is 4. The number of fused-ring (bicyclic) bond motifs is 1. The third-order valence-electron chi connectivity index (χ3n) is 5.00. The predicted octanol–water partition coefficient (Wildman–Crippen LogP) is 5.04. The molecule has 4 rings (SSSR count). The lowest BCUT2D eigenvalue weighted by Gasteiger charge is -2.31. The first-order valence-corrected chi connectivity index (χ1v) is 10.3. The molecule has 0 saturated carbocycles. The van der Waals surface area contributed by atoms with Crippen LogP contribution in [0.15, 0.2) is 42.5 Å². The normalized spacial score (nSPS) is 15.3. The van der Waals surface area contributed by atoms with Crippen molar-refractivity contribution in [2.45, 2.75) is 25.7 Å². The molecule has 0 radical (unpaired) electrons. The van der Waals surface area contributed by atoms with E-state index in [1.807, 2.05) is 30.0 Å². The zero-order valence-electron chi connectivity index (χ0n) is 15.2. The Labute approximate surface area is 167 Å². The topological polar surface area (TPSA) is 42.4 Å². The molecule has 2 heterocycles. The molecule has 1 aromatic heterocycles. The number of nitrogens with zero attached hydrogens (tertiary/aromatic N) is 2. The van der Waals surface area contributed by atoms with Gasteiger partial charge in [-0.25, -0.2) is 4.98 Å². The first kappa shape index (κ1) is 18.3. The van der Waals surface area contributed by atoms with E-state index in [4.69, 9.17) is 21.3 Å². The van der Waals surface area contributed by atoms with Crippen molar-refractivity contribution in [1.29, 1.82) is 0 Å². The highest BCUT2D eigenvalue weighted by Gasteiger charge is 2.26. The number of amides is 1. The minimum atomic E-state index is 0.0327. The van der Waals surface area contributed by atoms with Gasteiger partial charge in [0.05, 0.1) is 15.2 Å². The van der Waals surface area contributed by atoms with Crippen molar-refractivity contribution in [1.82, 2.24) is 9.88 Å². The fourth-order valence-corrected chi connectivity index (χ4v) is 4.64. The maximum absolute atomic E-state index is 12.5. The number of hydrogen-bond donors (Lipinski definition) is 0. The van der Waals surface area contributed by atoms with Gasteiger partial charge in [0, 0.05) is 24.0 Å². The Morgan fingerprint density at radius 1 is 1.26 bits per heavy atom. The van der Waals surface area contributed by atoms with Gasteiger partial charge in [-0.05, 0) is 55.7 Å². The van der Waals surface area contributed by atoms with Crippen LogP contribution in [0.4, 0.5) is 0 Å². The number of aryl methyl sites for hydroxylation is 1. The standard InChI is InChI=1S/C21H21ClN2O2S/c1-14-12-16(6-7-17(14)22)26-13-20(25)24-10-8-15(9-11-24)21-23-18-4-2-3-5-19(18)27-21/h2-7,12,15H,8-11,13H2,1H3. The fourth-order valence-electron chi connectivity index (χ4n) is 3.38. The van der Waals surface area contributed by atoms with E-state index >= 15 is 0 Å². The maximum Gasteiger partial charge on any atom is 0.260 e. The first-order valence-electron chi connectivity index (χ1n) is 9.12. The second kappa shape index (κ2) is 7.87. The summed E-state index contributed by atoms with van der Waals surface area (Å²) in [6.07, 6.45) is 1.90. The average Bonchev–Trinajstić information content (AvgIpc) is 3.13. The van der Waals surface area contributed by atoms with Crippen molar-refractivity contribution in [3.8, 4) is 5.75 Å². The van der Waals surface area contributed by atoms with Crippen molar-refractivity contribution in [3.63, 3.8) is 0 Å². The van der Waals surface area contributed by atoms with E-state index in [-0.39, 0.29) is 12.5 Å². The van der Waals surface area contributed by atoms with E-state index < -0.39 is 0 Å². The van der Waals surface area contributed by atoms with Gasteiger partial charge in [-0.1, -0.05) is 23.7 Å². The first-order chi connectivity index (χ1) is 13.1. The molecule has 1 saturated heterocycles. The van der Waals surface area contributed by atoms with Gasteiger partial charge >= 0.3 is 0 Å². The monoisotopic (exact) mass is 400 g/mol. The van der Waals surface area contributed by atoms with Crippen molar-refractivity contribution < 1.29 is 9.53 Å². The molecule has 140 valence electrons. The van der Waals surface area contributed by atoms with E-state index in [0.29, 0.717) is 16.7 Å². The van der Waals surface area contributed by atoms with E-state index in [9.17, 15) is 4.79 Å². The average molecular weight is 401 g/mol. The molecule has 0 N–H and O–H groups in total. The summed E-state index contributed by atoms with van der Waals surface area (Å²) < 4.78 is 6.88. The zero-order chi connectivity index (χ0) is 18.8. The number of carbonyl (C=O) groups excluding carboxylic acids is 1. The van der Waals surface area contributed by atoms with Crippen LogP contribution < -0.4 is 4.74 Å². The summed E-state index contributed by atoms with van der Waals surface area (Å²) in [5.41, 5.74) is 2.01. The number of ether oxygens (including phenoxy) is 1. The number of carbonyl (C=O) groups is 1. The number of likely N-dealkylation sites (tertiary alicyclic amines) is 1. The molecule has 4 nitrogen and oxygen atoms in total. The maximum atomic E-state index is 12.5. The smallest absolute Gasteiger partial charge is 0.260 e. The largest absolute Gasteiger partial charge is 0.484 e. The summed E-state index contributed by atoms with van der Waals surface area (Å²) in [5.74, 6) is 1.14. The third-order valence-corrected chi connectivity index (χ3v) is 6.62. The second-order valence-corrected chi connectivity index (χ2v) is 8.34. The Morgan fingerprint density at radius 2 is 2.04 bits per heavy atom. The lowest BCUT2D eigenvalue weighted by molar-refractivity contribution is -0.134. The summed E-state index contributed by atoms with van der Waals surface area (Å²) in [4.78, 5) is 19.1. The molecule has 0 spiro atoms. The molecule has 2 aromatic carbocycles. The van der Waals surface area contributed by atoms with E-state index in [1.54, 1.807) is 23.5 Å². The summed E-state index contributed by atoms with van der Waals surface area (Å²) in [5, 5.41) is 1.89. The molecule has 3 aromatic rings. The van der Waals surface area contributed by atoms with Crippen LogP contribution in [-0.2, 0) is 4.79 Å². The van der Waals surface area contributed by atoms with Crippen LogP contribution in [0, 0.1) is 6.92 Å². The van der Waals surface area contributed by atoms with Gasteiger partial charge < -0.3 is 9.64 Å². The Hall–Kier alpha value is -2.11. The molecule has 27 heavy (non-hydrogen) atoms. The fraction of sp³-hybridized carbons (Fsp3) is 0.333. The van der Waals surface area contributed by atoms with Gasteiger partial charge in [-0.3, -0.25) is 4.79 Å². The number of para-hydroxylation sites is 1. The summed E-state index contributed by atoms with van der Waals surface area (Å²) in [6, 6.07) is 13.7. The predicted molar refractivity (Wildman–Crippen MR) is 110 cm³/mol. The molecule has 1 amide bonds. The van der Waals surface area contributed by atoms with Gasteiger partial charge in [0.2, 0.25) is 0 Å². The van der Waals surface area contributed by atoms with Gasteiger partial charge in [-0.2, -0.15) is 0 Å². The summed E-state index contributed by atoms with van der Waals surface area (Å²) >= 11 is 7.79. The lowest BCUT2D eigenvalue weighted by Crippen LogP contribution is -2.40. The van der Waals surface area contributed by atoms with Crippen molar-refractivity contribution in [3.05, 3.63) is 58.1 Å². The third kappa shape index (κ3) is 4.09. The van der Waals surface area contributed by atoms with Crippen LogP contribution in [0.3, 0.4) is 0 Å². The molecule has 6 heteroatoms. The second-order valence-electron chi connectivity index (χ2n) is 6.87. The minimum absolute atomic E-state index is 0.0327. The molecule has 1 aliphatic rings. The SMILES string of the molecule is Cc1cc(OCC(=O)N2CCC(c3nc4ccccc4s3)CC2)ccc1Cl. The van der Waals surface area contributed by atoms with Crippen LogP contribution in [0.2, 0.25) is 5.02 Å². The number of aromatic nitrogens is 1. The summed E-state index contributed by atoms with van der Waals surface area (Å²) in [7, 11) is 0. The van der Waals surface area contributed by atoms with Crippen LogP contribution in [0.1, 0.15) is 29.3 Å². The van der Waals surface area contributed by atoms with Crippen LogP contribution in [0.5, 0.6) is 5.75 Å². The molecular weight excluding hydrogens is 380 g/mol. The Bertz CT molecular complexity index is 931. The summed E-state index contributed by atoms with van der Waals surface area (Å²) in [6.45, 7) is 3.49. The number of halogens is 1. The van der Waals surface area contributed by atoms with Crippen LogP contribution >= 0.6 is 22.9 Å². The number of benzene rings is 2. The van der Waals surface area contributed by atoms with E-state index in [2.05, 4.69) is 12.1 Å². The van der Waals surface area contributed by atoms with Gasteiger partial charge in [0.15, 0.2) is 6.61 Å². The Balaban J connectivity index is 1.31. The molecule has 0 atom stereocenters. The Kier molecular flexibility index (Phi) is 5.32. The van der Waals surface area contributed by atoms with Crippen molar-refractivity contribution >= 4 is 39.1 Å². The number of thiazole rings is 1. The molecule has 0 aliphatic carbocycles. The van der Waals surface area contributed by atoms with Gasteiger partial charge in [0.1, 0.15) is 5.75 Å². The Morgan fingerprint density at radius 3 is 2.78 bits per heavy atom. The van der Waals surface area contributed by atoms with E-state index in [1.165, 1.54) is 9.71 Å². The highest BCUT2D eigenvalue weighted by molar-refractivity contribution is 7.18. The van der Waals surface area contributed by atoms with Gasteiger partial charge in [0.25, 0.3) is 5.91 Å². The number of rotatable bonds is 4. The molecule has 1 fully saturated rings. The van der Waals surface area contributed by atoms with Gasteiger partial charge in [-0.15, -0.1) is 11.3 Å².